The van der Waals surface area contributed by atoms with E-state index in [0.29, 0.717) is 33.5 Å². The number of hydrogen-bond donors (Lipinski definition) is 1. The number of aryl methyl sites for hydroxylation is 1. The van der Waals surface area contributed by atoms with Gasteiger partial charge in [0.1, 0.15) is 17.9 Å². The molecule has 0 saturated carbocycles. The van der Waals surface area contributed by atoms with Crippen LogP contribution in [0.2, 0.25) is 0 Å². The molecule has 1 saturated heterocycles. The van der Waals surface area contributed by atoms with E-state index >= 15 is 0 Å². The molecular weight excluding hydrogens is 566 g/mol. The number of hydrogen-bond acceptors (Lipinski definition) is 6. The Labute approximate surface area is 231 Å². The smallest absolute Gasteiger partial charge is 0.335 e. The molecule has 4 amide bonds. The molecule has 4 aromatic rings. The number of amides is 4. The zero-order valence-electron chi connectivity index (χ0n) is 20.5. The van der Waals surface area contributed by atoms with Crippen molar-refractivity contribution in [3.05, 3.63) is 116 Å². The van der Waals surface area contributed by atoms with E-state index < -0.39 is 22.8 Å². The Bertz CT molecular complexity index is 1710. The summed E-state index contributed by atoms with van der Waals surface area (Å²) in [5.41, 5.74) is 1.73. The lowest BCUT2D eigenvalue weighted by molar-refractivity contribution is -0.384. The van der Waals surface area contributed by atoms with Crippen molar-refractivity contribution in [2.75, 3.05) is 4.90 Å². The Hall–Kier alpha value is -4.83. The fraction of sp³-hybridized carbons (Fsp3) is 0.0690. The molecule has 1 aliphatic rings. The molecule has 10 heteroatoms. The van der Waals surface area contributed by atoms with E-state index in [0.717, 1.165) is 14.8 Å². The Balaban J connectivity index is 1.57. The Morgan fingerprint density at radius 1 is 1.00 bits per heavy atom. The fourth-order valence-corrected chi connectivity index (χ4v) is 4.84. The van der Waals surface area contributed by atoms with Crippen molar-refractivity contribution < 1.29 is 24.0 Å². The number of ether oxygens (including phenoxy) is 1. The van der Waals surface area contributed by atoms with Gasteiger partial charge in [0.05, 0.1) is 10.6 Å². The van der Waals surface area contributed by atoms with E-state index in [1.54, 1.807) is 43.3 Å². The molecule has 0 aliphatic carbocycles. The summed E-state index contributed by atoms with van der Waals surface area (Å²) in [4.78, 5) is 50.8. The maximum atomic E-state index is 13.6. The maximum Gasteiger partial charge on any atom is 0.335 e. The second-order valence-electron chi connectivity index (χ2n) is 8.80. The first-order valence-corrected chi connectivity index (χ1v) is 12.6. The molecule has 1 N–H and O–H groups in total. The Morgan fingerprint density at radius 2 is 1.79 bits per heavy atom. The largest absolute Gasteiger partial charge is 0.488 e. The molecule has 9 nitrogen and oxygen atoms in total. The quantitative estimate of drug-likeness (QED) is 0.127. The third-order valence-corrected chi connectivity index (χ3v) is 6.73. The van der Waals surface area contributed by atoms with E-state index in [1.807, 2.05) is 30.3 Å². The summed E-state index contributed by atoms with van der Waals surface area (Å²) >= 11 is 3.37. The number of halogens is 1. The number of nitro benzene ring substituents is 1. The van der Waals surface area contributed by atoms with Crippen molar-refractivity contribution in [2.24, 2.45) is 0 Å². The lowest BCUT2D eigenvalue weighted by Gasteiger charge is -2.27. The van der Waals surface area contributed by atoms with E-state index in [2.05, 4.69) is 21.2 Å². The van der Waals surface area contributed by atoms with Crippen molar-refractivity contribution >= 4 is 62.0 Å². The van der Waals surface area contributed by atoms with Gasteiger partial charge in [-0.3, -0.25) is 25.0 Å². The van der Waals surface area contributed by atoms with Gasteiger partial charge in [0.2, 0.25) is 0 Å². The lowest BCUT2D eigenvalue weighted by atomic mass is 9.99. The molecule has 1 aliphatic heterocycles. The van der Waals surface area contributed by atoms with Crippen LogP contribution >= 0.6 is 15.9 Å². The Kier molecular flexibility index (Phi) is 6.95. The third kappa shape index (κ3) is 5.14. The number of benzene rings is 4. The number of non-ortho nitro benzene ring substituents is 1. The summed E-state index contributed by atoms with van der Waals surface area (Å²) in [6.07, 6.45) is 1.41. The average molecular weight is 586 g/mol. The fourth-order valence-electron chi connectivity index (χ4n) is 4.36. The normalized spacial score (nSPS) is 14.6. The van der Waals surface area contributed by atoms with Crippen LogP contribution in [-0.2, 0) is 16.2 Å². The SMILES string of the molecule is Cc1cc(Br)ccc1N1C(=O)NC(=O)/C(=C/c2c(OCc3cccc([N+](=O)[O-])c3)ccc3ccccc23)C1=O. The van der Waals surface area contributed by atoms with Crippen molar-refractivity contribution in [1.82, 2.24) is 5.32 Å². The predicted molar refractivity (Wildman–Crippen MR) is 149 cm³/mol. The van der Waals surface area contributed by atoms with Gasteiger partial charge in [-0.25, -0.2) is 9.69 Å². The molecule has 194 valence electrons. The molecule has 4 aromatic carbocycles. The second-order valence-corrected chi connectivity index (χ2v) is 9.72. The maximum absolute atomic E-state index is 13.6. The zero-order valence-corrected chi connectivity index (χ0v) is 22.1. The number of imide groups is 2. The molecule has 0 aromatic heterocycles. The minimum Gasteiger partial charge on any atom is -0.488 e. The van der Waals surface area contributed by atoms with Crippen LogP contribution in [0.1, 0.15) is 16.7 Å². The summed E-state index contributed by atoms with van der Waals surface area (Å²) in [5.74, 6) is -1.24. The summed E-state index contributed by atoms with van der Waals surface area (Å²) < 4.78 is 6.83. The first kappa shape index (κ1) is 25.8. The molecule has 0 radical (unpaired) electrons. The average Bonchev–Trinajstić information content (AvgIpc) is 2.91. The monoisotopic (exact) mass is 585 g/mol. The van der Waals surface area contributed by atoms with Crippen LogP contribution in [-0.4, -0.2) is 22.8 Å². The van der Waals surface area contributed by atoms with E-state index in [-0.39, 0.29) is 17.9 Å². The van der Waals surface area contributed by atoms with Crippen LogP contribution in [0.25, 0.3) is 16.8 Å². The van der Waals surface area contributed by atoms with Gasteiger partial charge in [-0.05, 0) is 59.2 Å². The van der Waals surface area contributed by atoms with Gasteiger partial charge < -0.3 is 4.74 Å². The number of carbonyl (C=O) groups excluding carboxylic acids is 3. The molecule has 0 atom stereocenters. The first-order chi connectivity index (χ1) is 18.7. The number of urea groups is 1. The van der Waals surface area contributed by atoms with Crippen molar-refractivity contribution in [2.45, 2.75) is 13.5 Å². The van der Waals surface area contributed by atoms with Crippen molar-refractivity contribution in [3.8, 4) is 5.75 Å². The predicted octanol–water partition coefficient (Wildman–Crippen LogP) is 6.06. The van der Waals surface area contributed by atoms with E-state index in [1.165, 1.54) is 18.2 Å². The molecule has 0 spiro atoms. The highest BCUT2D eigenvalue weighted by atomic mass is 79.9. The second kappa shape index (κ2) is 10.5. The van der Waals surface area contributed by atoms with E-state index in [9.17, 15) is 24.5 Å². The molecule has 5 rings (SSSR count). The summed E-state index contributed by atoms with van der Waals surface area (Å²) in [6, 6.07) is 21.3. The Morgan fingerprint density at radius 3 is 2.56 bits per heavy atom. The molecular formula is C29H20BrN3O6. The number of nitrogens with zero attached hydrogens (tertiary/aromatic N) is 2. The lowest BCUT2D eigenvalue weighted by Crippen LogP contribution is -2.54. The highest BCUT2D eigenvalue weighted by Crippen LogP contribution is 2.33. The van der Waals surface area contributed by atoms with Gasteiger partial charge in [-0.15, -0.1) is 0 Å². The minimum absolute atomic E-state index is 0.0129. The van der Waals surface area contributed by atoms with Gasteiger partial charge >= 0.3 is 6.03 Å². The van der Waals surface area contributed by atoms with E-state index in [4.69, 9.17) is 4.74 Å². The summed E-state index contributed by atoms with van der Waals surface area (Å²) in [7, 11) is 0. The van der Waals surface area contributed by atoms with Crippen LogP contribution in [0, 0.1) is 17.0 Å². The number of barbiturate groups is 1. The van der Waals surface area contributed by atoms with Gasteiger partial charge in [-0.1, -0.05) is 58.4 Å². The number of fused-ring (bicyclic) bond motifs is 1. The molecule has 0 unspecified atom stereocenters. The summed E-state index contributed by atoms with van der Waals surface area (Å²) in [6.45, 7) is 1.77. The van der Waals surface area contributed by atoms with Crippen molar-refractivity contribution in [3.63, 3.8) is 0 Å². The highest BCUT2D eigenvalue weighted by molar-refractivity contribution is 9.10. The molecule has 1 heterocycles. The summed E-state index contributed by atoms with van der Waals surface area (Å²) in [5, 5.41) is 15.0. The van der Waals surface area contributed by atoms with Gasteiger partial charge in [0, 0.05) is 22.2 Å². The number of nitro groups is 1. The van der Waals surface area contributed by atoms with Gasteiger partial charge in [0.15, 0.2) is 0 Å². The topological polar surface area (TPSA) is 119 Å². The third-order valence-electron chi connectivity index (χ3n) is 6.24. The first-order valence-electron chi connectivity index (χ1n) is 11.8. The van der Waals surface area contributed by atoms with Crippen LogP contribution in [0.4, 0.5) is 16.2 Å². The van der Waals surface area contributed by atoms with Crippen LogP contribution in [0.3, 0.4) is 0 Å². The van der Waals surface area contributed by atoms with Gasteiger partial charge in [-0.2, -0.15) is 0 Å². The standard InChI is InChI=1S/C29H20BrN3O6/c1-17-13-20(30)10-11-25(17)32-28(35)24(27(34)31-29(32)36)15-23-22-8-3-2-6-19(22)9-12-26(23)39-16-18-5-4-7-21(14-18)33(37)38/h2-15H,16H2,1H3,(H,31,34,36)/b24-15-. The van der Waals surface area contributed by atoms with Crippen molar-refractivity contribution in [1.29, 1.82) is 0 Å². The van der Waals surface area contributed by atoms with Crippen LogP contribution in [0.15, 0.2) is 88.9 Å². The zero-order chi connectivity index (χ0) is 27.7. The number of nitrogens with one attached hydrogen (secondary N) is 1. The van der Waals surface area contributed by atoms with Crippen LogP contribution in [0.5, 0.6) is 5.75 Å². The number of carbonyl (C=O) groups is 3. The molecule has 39 heavy (non-hydrogen) atoms. The molecule has 0 bridgehead atoms. The van der Waals surface area contributed by atoms with Gasteiger partial charge in [0.25, 0.3) is 17.5 Å². The minimum atomic E-state index is -0.840. The number of anilines is 1. The number of rotatable bonds is 6. The molecule has 1 fully saturated rings. The highest BCUT2D eigenvalue weighted by Gasteiger charge is 2.37. The van der Waals surface area contributed by atoms with Crippen LogP contribution < -0.4 is 15.0 Å².